The molecule has 14 nitrogen and oxygen atoms in total. The standard InChI is InChI=1S/C26H41N7O7/c1-3-15(2)21(25(39)40)33-24(38)19(11-12-20(34)35)32-23(37)18(10-7-13-30-26(28)29)31-22(36)17(27)14-16-8-5-4-6-9-16/h4-6,8-9,15,17-19,21H,3,7,10-14,27H2,1-2H3,(H,31,36)(H,32,37)(H,33,38)(H,34,35)(H,39,40)(H4,28,29,30). The summed E-state index contributed by atoms with van der Waals surface area (Å²) < 4.78 is 0. The SMILES string of the molecule is CCC(C)C(NC(=O)C(CCC(=O)O)NC(=O)C(CCCN=C(N)N)NC(=O)C(N)Cc1ccccc1)C(=O)O. The number of nitrogens with two attached hydrogens (primary N) is 3. The minimum atomic E-state index is -1.37. The zero-order chi connectivity index (χ0) is 30.2. The molecule has 1 aromatic rings. The van der Waals surface area contributed by atoms with Gasteiger partial charge >= 0.3 is 11.9 Å². The first-order valence-electron chi connectivity index (χ1n) is 13.1. The molecule has 0 spiro atoms. The maximum absolute atomic E-state index is 13.3. The summed E-state index contributed by atoms with van der Waals surface area (Å²) in [6.45, 7) is 3.56. The van der Waals surface area contributed by atoms with Crippen LogP contribution in [0.2, 0.25) is 0 Å². The number of aliphatic imine (C=N–C) groups is 1. The number of amides is 3. The van der Waals surface area contributed by atoms with Crippen molar-refractivity contribution < 1.29 is 34.2 Å². The van der Waals surface area contributed by atoms with E-state index in [2.05, 4.69) is 20.9 Å². The summed E-state index contributed by atoms with van der Waals surface area (Å²) in [5.41, 5.74) is 17.6. The lowest BCUT2D eigenvalue weighted by molar-refractivity contribution is -0.144. The van der Waals surface area contributed by atoms with Crippen LogP contribution in [-0.2, 0) is 30.4 Å². The molecule has 5 unspecified atom stereocenters. The summed E-state index contributed by atoms with van der Waals surface area (Å²) in [5, 5.41) is 26.1. The smallest absolute Gasteiger partial charge is 0.326 e. The van der Waals surface area contributed by atoms with Crippen molar-refractivity contribution in [1.82, 2.24) is 16.0 Å². The summed E-state index contributed by atoms with van der Waals surface area (Å²) in [7, 11) is 0. The quantitative estimate of drug-likeness (QED) is 0.0618. The lowest BCUT2D eigenvalue weighted by Gasteiger charge is -2.26. The maximum Gasteiger partial charge on any atom is 0.326 e. The largest absolute Gasteiger partial charge is 0.481 e. The van der Waals surface area contributed by atoms with Gasteiger partial charge in [-0.05, 0) is 37.2 Å². The van der Waals surface area contributed by atoms with Crippen LogP contribution in [0.3, 0.4) is 0 Å². The van der Waals surface area contributed by atoms with Gasteiger partial charge in [-0.2, -0.15) is 0 Å². The van der Waals surface area contributed by atoms with E-state index in [1.807, 2.05) is 18.2 Å². The van der Waals surface area contributed by atoms with E-state index >= 15 is 0 Å². The van der Waals surface area contributed by atoms with Gasteiger partial charge in [0.05, 0.1) is 6.04 Å². The molecular weight excluding hydrogens is 522 g/mol. The van der Waals surface area contributed by atoms with Crippen molar-refractivity contribution in [2.75, 3.05) is 6.54 Å². The highest BCUT2D eigenvalue weighted by Gasteiger charge is 2.32. The van der Waals surface area contributed by atoms with Crippen LogP contribution >= 0.6 is 0 Å². The fraction of sp³-hybridized carbons (Fsp3) is 0.538. The number of rotatable bonds is 18. The van der Waals surface area contributed by atoms with Crippen LogP contribution in [-0.4, -0.2) is 76.5 Å². The fourth-order valence-electron chi connectivity index (χ4n) is 3.76. The van der Waals surface area contributed by atoms with Gasteiger partial charge in [0.25, 0.3) is 0 Å². The first-order valence-corrected chi connectivity index (χ1v) is 13.1. The summed E-state index contributed by atoms with van der Waals surface area (Å²) in [5.74, 6) is -5.28. The molecule has 0 aromatic heterocycles. The Kier molecular flexibility index (Phi) is 14.7. The third kappa shape index (κ3) is 12.6. The van der Waals surface area contributed by atoms with Gasteiger partial charge in [-0.25, -0.2) is 4.79 Å². The predicted molar refractivity (Wildman–Crippen MR) is 148 cm³/mol. The van der Waals surface area contributed by atoms with E-state index in [9.17, 15) is 29.1 Å². The monoisotopic (exact) mass is 563 g/mol. The Balaban J connectivity index is 3.08. The number of hydrogen-bond acceptors (Lipinski definition) is 7. The third-order valence-electron chi connectivity index (χ3n) is 6.27. The Morgan fingerprint density at radius 2 is 1.48 bits per heavy atom. The second-order valence-corrected chi connectivity index (χ2v) is 9.51. The van der Waals surface area contributed by atoms with E-state index in [1.54, 1.807) is 26.0 Å². The Bertz CT molecular complexity index is 1030. The predicted octanol–water partition coefficient (Wildman–Crippen LogP) is -0.940. The Morgan fingerprint density at radius 1 is 0.900 bits per heavy atom. The third-order valence-corrected chi connectivity index (χ3v) is 6.27. The Morgan fingerprint density at radius 3 is 2.02 bits per heavy atom. The number of carbonyl (C=O) groups is 5. The van der Waals surface area contributed by atoms with Crippen LogP contribution in [0.1, 0.15) is 51.5 Å². The molecule has 1 rings (SSSR count). The highest BCUT2D eigenvalue weighted by molar-refractivity contribution is 5.94. The van der Waals surface area contributed by atoms with Crippen molar-refractivity contribution in [2.45, 2.75) is 76.5 Å². The van der Waals surface area contributed by atoms with Gasteiger partial charge in [0.2, 0.25) is 17.7 Å². The summed E-state index contributed by atoms with van der Waals surface area (Å²) in [4.78, 5) is 65.8. The second-order valence-electron chi connectivity index (χ2n) is 9.51. The maximum atomic E-state index is 13.3. The van der Waals surface area contributed by atoms with E-state index in [0.29, 0.717) is 6.42 Å². The van der Waals surface area contributed by atoms with Gasteiger partial charge in [-0.1, -0.05) is 50.6 Å². The number of carboxylic acid groups (broad SMARTS) is 2. The number of guanidine groups is 1. The number of benzene rings is 1. The topological polar surface area (TPSA) is 252 Å². The molecule has 0 bridgehead atoms. The zero-order valence-electron chi connectivity index (χ0n) is 22.8. The summed E-state index contributed by atoms with van der Waals surface area (Å²) in [6, 6.07) is 4.30. The van der Waals surface area contributed by atoms with Gasteiger partial charge in [-0.15, -0.1) is 0 Å². The van der Waals surface area contributed by atoms with Crippen LogP contribution in [0.15, 0.2) is 35.3 Å². The van der Waals surface area contributed by atoms with Crippen molar-refractivity contribution in [3.63, 3.8) is 0 Å². The molecule has 14 heteroatoms. The average Bonchev–Trinajstić information content (AvgIpc) is 2.90. The van der Waals surface area contributed by atoms with Crippen molar-refractivity contribution in [3.8, 4) is 0 Å². The Hall–Kier alpha value is -4.20. The molecule has 0 saturated heterocycles. The van der Waals surface area contributed by atoms with E-state index in [-0.39, 0.29) is 38.2 Å². The van der Waals surface area contributed by atoms with Crippen LogP contribution in [0.4, 0.5) is 0 Å². The lowest BCUT2D eigenvalue weighted by Crippen LogP contribution is -2.58. The lowest BCUT2D eigenvalue weighted by atomic mass is 9.98. The van der Waals surface area contributed by atoms with Gasteiger partial charge in [0, 0.05) is 13.0 Å². The molecule has 222 valence electrons. The van der Waals surface area contributed by atoms with E-state index in [4.69, 9.17) is 22.3 Å². The minimum Gasteiger partial charge on any atom is -0.481 e. The number of nitrogens with one attached hydrogen (secondary N) is 3. The number of nitrogens with zero attached hydrogens (tertiary/aromatic N) is 1. The molecule has 40 heavy (non-hydrogen) atoms. The number of aliphatic carboxylic acids is 2. The molecule has 1 aromatic carbocycles. The van der Waals surface area contributed by atoms with Crippen LogP contribution in [0.5, 0.6) is 0 Å². The summed E-state index contributed by atoms with van der Waals surface area (Å²) >= 11 is 0. The highest BCUT2D eigenvalue weighted by atomic mass is 16.4. The molecule has 0 aliphatic heterocycles. The van der Waals surface area contributed by atoms with Crippen LogP contribution < -0.4 is 33.2 Å². The van der Waals surface area contributed by atoms with Crippen molar-refractivity contribution in [1.29, 1.82) is 0 Å². The van der Waals surface area contributed by atoms with Crippen LogP contribution in [0.25, 0.3) is 0 Å². The molecule has 0 heterocycles. The molecule has 5 atom stereocenters. The van der Waals surface area contributed by atoms with Crippen LogP contribution in [0, 0.1) is 5.92 Å². The zero-order valence-corrected chi connectivity index (χ0v) is 22.8. The number of carboxylic acids is 2. The number of carbonyl (C=O) groups excluding carboxylic acids is 3. The first kappa shape index (κ1) is 33.8. The fourth-order valence-corrected chi connectivity index (χ4v) is 3.76. The highest BCUT2D eigenvalue weighted by Crippen LogP contribution is 2.10. The molecule has 0 aliphatic rings. The van der Waals surface area contributed by atoms with Gasteiger partial charge in [0.1, 0.15) is 18.1 Å². The van der Waals surface area contributed by atoms with Gasteiger partial charge < -0.3 is 43.4 Å². The summed E-state index contributed by atoms with van der Waals surface area (Å²) in [6.07, 6.45) is 0.252. The van der Waals surface area contributed by atoms with Gasteiger partial charge in [0.15, 0.2) is 5.96 Å². The molecule has 0 fully saturated rings. The molecule has 11 N–H and O–H groups in total. The average molecular weight is 564 g/mol. The van der Waals surface area contributed by atoms with Gasteiger partial charge in [-0.3, -0.25) is 24.2 Å². The first-order chi connectivity index (χ1) is 18.8. The van der Waals surface area contributed by atoms with Crippen molar-refractivity contribution >= 4 is 35.6 Å². The molecule has 0 saturated carbocycles. The van der Waals surface area contributed by atoms with Crippen molar-refractivity contribution in [2.24, 2.45) is 28.1 Å². The second kappa shape index (κ2) is 17.4. The van der Waals surface area contributed by atoms with E-state index in [0.717, 1.165) is 5.56 Å². The molecule has 0 radical (unpaired) electrons. The Labute approximate surface area is 233 Å². The van der Waals surface area contributed by atoms with E-state index in [1.165, 1.54) is 0 Å². The number of hydrogen-bond donors (Lipinski definition) is 8. The minimum absolute atomic E-state index is 0.0737. The molecule has 0 aliphatic carbocycles. The normalized spacial score (nSPS) is 14.5. The molecule has 3 amide bonds. The van der Waals surface area contributed by atoms with E-state index < -0.39 is 66.2 Å². The van der Waals surface area contributed by atoms with Crippen molar-refractivity contribution in [3.05, 3.63) is 35.9 Å². The molecular formula is C26H41N7O7.